The van der Waals surface area contributed by atoms with Crippen LogP contribution in [0.5, 0.6) is 0 Å². The Morgan fingerprint density at radius 1 is 0.854 bits per heavy atom. The molecular formula is C30H32N4O5S2. The van der Waals surface area contributed by atoms with Crippen LogP contribution in [0, 0.1) is 0 Å². The lowest BCUT2D eigenvalue weighted by Gasteiger charge is -2.46. The van der Waals surface area contributed by atoms with Crippen molar-refractivity contribution in [3.8, 4) is 11.3 Å². The van der Waals surface area contributed by atoms with Crippen molar-refractivity contribution >= 4 is 40.9 Å². The molecule has 3 aromatic rings. The van der Waals surface area contributed by atoms with Crippen molar-refractivity contribution in [1.29, 1.82) is 0 Å². The van der Waals surface area contributed by atoms with Crippen LogP contribution >= 0.6 is 23.5 Å². The van der Waals surface area contributed by atoms with Crippen molar-refractivity contribution in [3.05, 3.63) is 58.9 Å². The number of carboxylic acid groups (broad SMARTS) is 1. The molecule has 1 atom stereocenters. The normalized spacial score (nSPS) is 22.8. The lowest BCUT2D eigenvalue weighted by atomic mass is 10.0. The van der Waals surface area contributed by atoms with Crippen LogP contribution < -0.4 is 15.4 Å². The molecule has 2 N–H and O–H groups in total. The van der Waals surface area contributed by atoms with Gasteiger partial charge in [-0.15, -0.1) is 0 Å². The molecule has 3 saturated heterocycles. The number of morpholine rings is 2. The average molecular weight is 593 g/mol. The molecule has 11 heteroatoms. The summed E-state index contributed by atoms with van der Waals surface area (Å²) in [5, 5.41) is 10.5. The third-order valence-corrected chi connectivity index (χ3v) is 11.0. The van der Waals surface area contributed by atoms with E-state index in [2.05, 4.69) is 56.1 Å². The number of rotatable bonds is 5. The van der Waals surface area contributed by atoms with Crippen LogP contribution in [0.2, 0.25) is 0 Å². The maximum atomic E-state index is 12.8. The van der Waals surface area contributed by atoms with Crippen molar-refractivity contribution in [2.24, 2.45) is 0 Å². The zero-order valence-corrected chi connectivity index (χ0v) is 24.3. The number of ether oxygens (including phenoxy) is 2. The molecule has 0 aliphatic carbocycles. The van der Waals surface area contributed by atoms with E-state index in [1.54, 1.807) is 29.6 Å². The Balaban J connectivity index is 1.21. The fraction of sp³-hybridized carbons (Fsp3) is 0.400. The molecule has 0 radical (unpaired) electrons. The van der Waals surface area contributed by atoms with Gasteiger partial charge in [-0.05, 0) is 43.2 Å². The molecule has 4 aliphatic heterocycles. The first-order valence-electron chi connectivity index (χ1n) is 14.1. The number of anilines is 2. The molecule has 1 aromatic heterocycles. The zero-order chi connectivity index (χ0) is 28.0. The van der Waals surface area contributed by atoms with E-state index in [-0.39, 0.29) is 5.56 Å². The Bertz CT molecular complexity index is 1540. The molecule has 0 saturated carbocycles. The van der Waals surface area contributed by atoms with Gasteiger partial charge in [0.25, 0.3) is 0 Å². The molecule has 41 heavy (non-hydrogen) atoms. The van der Waals surface area contributed by atoms with Gasteiger partial charge in [0.05, 0.1) is 32.1 Å². The molecule has 214 valence electrons. The van der Waals surface area contributed by atoms with Crippen LogP contribution in [0.25, 0.3) is 11.3 Å². The SMILES string of the molecule is O=C(O)[C@]1(N2CCOCC2)CCCN1c1ccc2c(c1)Sc1cccc(-c3cc(N4CCOCC4)cc(=O)[nH]3)c1S2. The number of hydrogen-bond donors (Lipinski definition) is 2. The van der Waals surface area contributed by atoms with Gasteiger partial charge in [-0.3, -0.25) is 9.69 Å². The topological polar surface area (TPSA) is 98.3 Å². The number of nitrogens with one attached hydrogen (secondary N) is 1. The van der Waals surface area contributed by atoms with E-state index in [1.807, 2.05) is 6.07 Å². The highest BCUT2D eigenvalue weighted by molar-refractivity contribution is 8.05. The molecule has 7 rings (SSSR count). The third-order valence-electron chi connectivity index (χ3n) is 8.38. The van der Waals surface area contributed by atoms with E-state index in [4.69, 9.17) is 9.47 Å². The van der Waals surface area contributed by atoms with Crippen LogP contribution in [-0.4, -0.2) is 85.8 Å². The summed E-state index contributed by atoms with van der Waals surface area (Å²) >= 11 is 3.40. The van der Waals surface area contributed by atoms with Crippen LogP contribution in [0.1, 0.15) is 12.8 Å². The van der Waals surface area contributed by atoms with E-state index in [0.29, 0.717) is 52.5 Å². The van der Waals surface area contributed by atoms with Crippen molar-refractivity contribution < 1.29 is 19.4 Å². The second-order valence-corrected chi connectivity index (χ2v) is 12.8. The van der Waals surface area contributed by atoms with Crippen LogP contribution in [0.15, 0.2) is 72.9 Å². The smallest absolute Gasteiger partial charge is 0.345 e. The van der Waals surface area contributed by atoms with Gasteiger partial charge < -0.3 is 29.4 Å². The van der Waals surface area contributed by atoms with E-state index in [1.165, 1.54) is 0 Å². The largest absolute Gasteiger partial charge is 0.478 e. The second kappa shape index (κ2) is 11.0. The van der Waals surface area contributed by atoms with Gasteiger partial charge in [-0.25, -0.2) is 4.79 Å². The zero-order valence-electron chi connectivity index (χ0n) is 22.6. The van der Waals surface area contributed by atoms with Crippen molar-refractivity contribution in [2.75, 3.05) is 69.0 Å². The van der Waals surface area contributed by atoms with Crippen molar-refractivity contribution in [3.63, 3.8) is 0 Å². The molecule has 5 heterocycles. The fourth-order valence-corrected chi connectivity index (χ4v) is 8.82. The van der Waals surface area contributed by atoms with E-state index in [0.717, 1.165) is 61.7 Å². The summed E-state index contributed by atoms with van der Waals surface area (Å²) in [4.78, 5) is 39.4. The second-order valence-electron chi connectivity index (χ2n) is 10.7. The number of H-pyrrole nitrogens is 1. The van der Waals surface area contributed by atoms with E-state index < -0.39 is 11.6 Å². The summed E-state index contributed by atoms with van der Waals surface area (Å²) < 4.78 is 11.0. The Kier molecular flexibility index (Phi) is 7.24. The van der Waals surface area contributed by atoms with Crippen molar-refractivity contribution in [1.82, 2.24) is 9.88 Å². The minimum absolute atomic E-state index is 0.118. The molecule has 0 bridgehead atoms. The Morgan fingerprint density at radius 2 is 1.63 bits per heavy atom. The number of aliphatic carboxylic acids is 1. The number of aromatic nitrogens is 1. The number of benzene rings is 2. The maximum Gasteiger partial charge on any atom is 0.345 e. The lowest BCUT2D eigenvalue weighted by Crippen LogP contribution is -2.65. The highest BCUT2D eigenvalue weighted by Gasteiger charge is 2.52. The van der Waals surface area contributed by atoms with E-state index >= 15 is 0 Å². The number of carbonyl (C=O) groups is 1. The fourth-order valence-electron chi connectivity index (χ4n) is 6.41. The quantitative estimate of drug-likeness (QED) is 0.351. The Labute approximate surface area is 246 Å². The summed E-state index contributed by atoms with van der Waals surface area (Å²) in [6.45, 7) is 5.89. The minimum atomic E-state index is -1.05. The predicted octanol–water partition coefficient (Wildman–Crippen LogP) is 4.21. The predicted molar refractivity (Wildman–Crippen MR) is 160 cm³/mol. The van der Waals surface area contributed by atoms with Gasteiger partial charge in [0.2, 0.25) is 5.56 Å². The highest BCUT2D eigenvalue weighted by Crippen LogP contribution is 2.53. The molecule has 0 unspecified atom stereocenters. The monoisotopic (exact) mass is 592 g/mol. The molecular weight excluding hydrogens is 560 g/mol. The summed E-state index contributed by atoms with van der Waals surface area (Å²) in [6.07, 6.45) is 1.42. The summed E-state index contributed by atoms with van der Waals surface area (Å²) in [7, 11) is 0. The Hall–Kier alpha value is -2.96. The molecule has 9 nitrogen and oxygen atoms in total. The number of pyridine rings is 1. The van der Waals surface area contributed by atoms with Gasteiger partial charge in [-0.2, -0.15) is 0 Å². The highest BCUT2D eigenvalue weighted by atomic mass is 32.2. The molecule has 3 fully saturated rings. The average Bonchev–Trinajstić information content (AvgIpc) is 3.47. The third kappa shape index (κ3) is 4.83. The van der Waals surface area contributed by atoms with E-state index in [9.17, 15) is 14.7 Å². The Morgan fingerprint density at radius 3 is 2.41 bits per heavy atom. The molecule has 2 aromatic carbocycles. The maximum absolute atomic E-state index is 12.8. The summed E-state index contributed by atoms with van der Waals surface area (Å²) in [5.41, 5.74) is 2.48. The number of nitrogens with zero attached hydrogens (tertiary/aromatic N) is 3. The van der Waals surface area contributed by atoms with Gasteiger partial charge in [0, 0.05) is 75.3 Å². The van der Waals surface area contributed by atoms with Crippen LogP contribution in [0.4, 0.5) is 11.4 Å². The van der Waals surface area contributed by atoms with Gasteiger partial charge >= 0.3 is 5.97 Å². The molecule has 0 amide bonds. The first-order chi connectivity index (χ1) is 20.0. The van der Waals surface area contributed by atoms with Crippen molar-refractivity contribution in [2.45, 2.75) is 38.1 Å². The first kappa shape index (κ1) is 26.9. The van der Waals surface area contributed by atoms with Gasteiger partial charge in [0.15, 0.2) is 5.66 Å². The summed E-state index contributed by atoms with van der Waals surface area (Å²) in [6, 6.07) is 16.3. The number of fused-ring (bicyclic) bond motifs is 2. The lowest BCUT2D eigenvalue weighted by molar-refractivity contribution is -0.154. The minimum Gasteiger partial charge on any atom is -0.478 e. The molecule has 0 spiro atoms. The summed E-state index contributed by atoms with van der Waals surface area (Å²) in [5.74, 6) is -0.792. The number of aromatic amines is 1. The number of hydrogen-bond acceptors (Lipinski definition) is 9. The number of carboxylic acids is 1. The van der Waals surface area contributed by atoms with Gasteiger partial charge in [-0.1, -0.05) is 35.7 Å². The first-order valence-corrected chi connectivity index (χ1v) is 15.7. The van der Waals surface area contributed by atoms with Crippen LogP contribution in [0.3, 0.4) is 0 Å². The standard InChI is InChI=1S/C30H32N4O5S2/c35-27-19-21(32-9-13-38-14-10-32)17-23(31-27)22-3-1-4-25-28(22)41-24-6-5-20(18-26(24)40-25)34-8-2-7-30(34,29(36)37)33-11-15-39-16-12-33/h1,3-6,17-19H,2,7-16H2,(H,31,35)(H,36,37)/t30-/m0/s1. The van der Waals surface area contributed by atoms with Crippen LogP contribution in [-0.2, 0) is 14.3 Å². The van der Waals surface area contributed by atoms with Gasteiger partial charge in [0.1, 0.15) is 0 Å². The molecule has 4 aliphatic rings.